The molecule has 1 rings (SSSR count). The molecule has 1 aliphatic carbocycles. The predicted molar refractivity (Wildman–Crippen MR) is 35.7 cm³/mol. The van der Waals surface area contributed by atoms with Crippen molar-refractivity contribution in [3.63, 3.8) is 0 Å². The number of hydrogen-bond donors (Lipinski definition) is 0. The SMILES string of the molecule is CC1C#CCCC(F)C1. The van der Waals surface area contributed by atoms with Gasteiger partial charge in [0.1, 0.15) is 6.17 Å². The quantitative estimate of drug-likeness (QED) is 0.436. The van der Waals surface area contributed by atoms with E-state index in [0.717, 1.165) is 6.42 Å². The Morgan fingerprint density at radius 3 is 3.11 bits per heavy atom. The zero-order valence-corrected chi connectivity index (χ0v) is 5.65. The summed E-state index contributed by atoms with van der Waals surface area (Å²) in [6.45, 7) is 1.98. The van der Waals surface area contributed by atoms with Crippen molar-refractivity contribution in [3.05, 3.63) is 0 Å². The second-order valence-electron chi connectivity index (χ2n) is 2.59. The largest absolute Gasteiger partial charge is 0.247 e. The fourth-order valence-corrected chi connectivity index (χ4v) is 1.04. The first-order valence-corrected chi connectivity index (χ1v) is 3.41. The van der Waals surface area contributed by atoms with Crippen molar-refractivity contribution in [3.8, 4) is 11.8 Å². The Kier molecular flexibility index (Phi) is 2.10. The van der Waals surface area contributed by atoms with Gasteiger partial charge < -0.3 is 0 Å². The molecule has 0 aromatic heterocycles. The molecular weight excluding hydrogens is 115 g/mol. The third-order valence-electron chi connectivity index (χ3n) is 1.54. The van der Waals surface area contributed by atoms with Gasteiger partial charge >= 0.3 is 0 Å². The molecule has 0 saturated carbocycles. The van der Waals surface area contributed by atoms with E-state index in [0.29, 0.717) is 12.8 Å². The van der Waals surface area contributed by atoms with Gasteiger partial charge in [0, 0.05) is 12.3 Å². The van der Waals surface area contributed by atoms with E-state index in [-0.39, 0.29) is 5.92 Å². The van der Waals surface area contributed by atoms with Crippen molar-refractivity contribution in [2.24, 2.45) is 5.92 Å². The lowest BCUT2D eigenvalue weighted by Gasteiger charge is -2.04. The Hall–Kier alpha value is -0.510. The van der Waals surface area contributed by atoms with E-state index in [9.17, 15) is 4.39 Å². The average molecular weight is 126 g/mol. The summed E-state index contributed by atoms with van der Waals surface area (Å²) in [5, 5.41) is 0. The van der Waals surface area contributed by atoms with Crippen LogP contribution in [0.15, 0.2) is 0 Å². The monoisotopic (exact) mass is 126 g/mol. The first-order chi connectivity index (χ1) is 4.29. The molecule has 1 heteroatoms. The smallest absolute Gasteiger partial charge is 0.102 e. The molecule has 0 heterocycles. The number of rotatable bonds is 0. The minimum absolute atomic E-state index is 0.266. The molecule has 0 aliphatic heterocycles. The third-order valence-corrected chi connectivity index (χ3v) is 1.54. The van der Waals surface area contributed by atoms with Gasteiger partial charge in [0.05, 0.1) is 0 Å². The average Bonchev–Trinajstić information content (AvgIpc) is 1.93. The van der Waals surface area contributed by atoms with Gasteiger partial charge in [0.25, 0.3) is 0 Å². The Morgan fingerprint density at radius 1 is 1.56 bits per heavy atom. The van der Waals surface area contributed by atoms with E-state index in [1.807, 2.05) is 6.92 Å². The highest BCUT2D eigenvalue weighted by atomic mass is 19.1. The summed E-state index contributed by atoms with van der Waals surface area (Å²) in [4.78, 5) is 0. The maximum atomic E-state index is 12.6. The van der Waals surface area contributed by atoms with Crippen molar-refractivity contribution >= 4 is 0 Å². The molecule has 9 heavy (non-hydrogen) atoms. The van der Waals surface area contributed by atoms with E-state index in [1.54, 1.807) is 0 Å². The van der Waals surface area contributed by atoms with Gasteiger partial charge in [-0.2, -0.15) is 0 Å². The van der Waals surface area contributed by atoms with Crippen molar-refractivity contribution in [1.82, 2.24) is 0 Å². The molecular formula is C8H11F. The molecule has 0 aromatic carbocycles. The van der Waals surface area contributed by atoms with Crippen LogP contribution in [0.5, 0.6) is 0 Å². The number of hydrogen-bond acceptors (Lipinski definition) is 0. The standard InChI is InChI=1S/C8H11F/c1-7-4-2-3-5-8(9)6-7/h7-8H,3,5-6H2,1H3. The maximum absolute atomic E-state index is 12.6. The highest BCUT2D eigenvalue weighted by Crippen LogP contribution is 2.15. The van der Waals surface area contributed by atoms with Crippen molar-refractivity contribution < 1.29 is 4.39 Å². The van der Waals surface area contributed by atoms with Crippen LogP contribution in [0.2, 0.25) is 0 Å². The van der Waals surface area contributed by atoms with Crippen LogP contribution in [-0.4, -0.2) is 6.17 Å². The first-order valence-electron chi connectivity index (χ1n) is 3.41. The summed E-state index contributed by atoms with van der Waals surface area (Å²) in [5.74, 6) is 6.19. The minimum atomic E-state index is -0.623. The molecule has 0 fully saturated rings. The lowest BCUT2D eigenvalue weighted by molar-refractivity contribution is 0.284. The van der Waals surface area contributed by atoms with E-state index in [2.05, 4.69) is 11.8 Å². The summed E-state index contributed by atoms with van der Waals surface area (Å²) in [7, 11) is 0. The van der Waals surface area contributed by atoms with Crippen molar-refractivity contribution in [2.75, 3.05) is 0 Å². The van der Waals surface area contributed by atoms with Crippen molar-refractivity contribution in [1.29, 1.82) is 0 Å². The zero-order chi connectivity index (χ0) is 6.69. The van der Waals surface area contributed by atoms with Gasteiger partial charge in [-0.3, -0.25) is 0 Å². The van der Waals surface area contributed by atoms with Crippen LogP contribution in [0, 0.1) is 17.8 Å². The molecule has 0 aromatic rings. The summed E-state index contributed by atoms with van der Waals surface area (Å²) >= 11 is 0. The Bertz CT molecular complexity index is 140. The fourth-order valence-electron chi connectivity index (χ4n) is 1.04. The Labute approximate surface area is 55.5 Å². The third kappa shape index (κ3) is 2.05. The number of halogens is 1. The summed E-state index contributed by atoms with van der Waals surface area (Å²) < 4.78 is 12.6. The van der Waals surface area contributed by atoms with Gasteiger partial charge in [-0.15, -0.1) is 11.8 Å². The lowest BCUT2D eigenvalue weighted by Crippen LogP contribution is -2.02. The molecule has 0 N–H and O–H groups in total. The van der Waals surface area contributed by atoms with Gasteiger partial charge in [-0.05, 0) is 12.8 Å². The van der Waals surface area contributed by atoms with E-state index < -0.39 is 6.17 Å². The molecule has 0 saturated heterocycles. The lowest BCUT2D eigenvalue weighted by atomic mass is 10.1. The van der Waals surface area contributed by atoms with Crippen LogP contribution in [0.1, 0.15) is 26.2 Å². The summed E-state index contributed by atoms with van der Waals surface area (Å²) in [5.41, 5.74) is 0. The second kappa shape index (κ2) is 2.87. The van der Waals surface area contributed by atoms with Crippen LogP contribution in [0.4, 0.5) is 4.39 Å². The highest BCUT2D eigenvalue weighted by molar-refractivity contribution is 5.05. The van der Waals surface area contributed by atoms with Crippen molar-refractivity contribution in [2.45, 2.75) is 32.4 Å². The van der Waals surface area contributed by atoms with E-state index >= 15 is 0 Å². The molecule has 2 atom stereocenters. The molecule has 0 amide bonds. The highest BCUT2D eigenvalue weighted by Gasteiger charge is 2.11. The fraction of sp³-hybridized carbons (Fsp3) is 0.750. The van der Waals surface area contributed by atoms with Gasteiger partial charge in [0.2, 0.25) is 0 Å². The van der Waals surface area contributed by atoms with Crippen LogP contribution in [-0.2, 0) is 0 Å². The molecule has 1 aliphatic rings. The minimum Gasteiger partial charge on any atom is -0.247 e. The molecule has 0 nitrogen and oxygen atoms in total. The molecule has 0 spiro atoms. The Balaban J connectivity index is 2.45. The zero-order valence-electron chi connectivity index (χ0n) is 5.65. The second-order valence-corrected chi connectivity index (χ2v) is 2.59. The predicted octanol–water partition coefficient (Wildman–Crippen LogP) is 2.15. The normalized spacial score (nSPS) is 34.4. The molecule has 2 unspecified atom stereocenters. The van der Waals surface area contributed by atoms with Crippen LogP contribution in [0.25, 0.3) is 0 Å². The van der Waals surface area contributed by atoms with Crippen LogP contribution >= 0.6 is 0 Å². The van der Waals surface area contributed by atoms with Gasteiger partial charge in [0.15, 0.2) is 0 Å². The van der Waals surface area contributed by atoms with Crippen LogP contribution in [0.3, 0.4) is 0 Å². The summed E-state index contributed by atoms with van der Waals surface area (Å²) in [6, 6.07) is 0. The van der Waals surface area contributed by atoms with Crippen LogP contribution < -0.4 is 0 Å². The number of alkyl halides is 1. The molecule has 50 valence electrons. The topological polar surface area (TPSA) is 0 Å². The maximum Gasteiger partial charge on any atom is 0.102 e. The van der Waals surface area contributed by atoms with Gasteiger partial charge in [-0.25, -0.2) is 4.39 Å². The molecule has 0 bridgehead atoms. The van der Waals surface area contributed by atoms with E-state index in [1.165, 1.54) is 0 Å². The van der Waals surface area contributed by atoms with Gasteiger partial charge in [-0.1, -0.05) is 6.92 Å². The first kappa shape index (κ1) is 6.61. The summed E-state index contributed by atoms with van der Waals surface area (Å²) in [6.07, 6.45) is 1.39. The Morgan fingerprint density at radius 2 is 2.33 bits per heavy atom. The van der Waals surface area contributed by atoms with E-state index in [4.69, 9.17) is 0 Å². The molecule has 0 radical (unpaired) electrons.